The van der Waals surface area contributed by atoms with Gasteiger partial charge in [0.1, 0.15) is 20.6 Å². The lowest BCUT2D eigenvalue weighted by molar-refractivity contribution is 0.602. The molecule has 0 aromatic carbocycles. The lowest BCUT2D eigenvalue weighted by atomic mass is 10.2. The van der Waals surface area contributed by atoms with E-state index in [1.165, 1.54) is 6.26 Å². The molecule has 17 heavy (non-hydrogen) atoms. The zero-order valence-corrected chi connectivity index (χ0v) is 11.4. The predicted molar refractivity (Wildman–Crippen MR) is 73.1 cm³/mol. The number of thiocarbonyl (C=S) groups is 1. The summed E-state index contributed by atoms with van der Waals surface area (Å²) in [5, 5.41) is 2.93. The van der Waals surface area contributed by atoms with Crippen molar-refractivity contribution in [2.75, 3.05) is 23.9 Å². The van der Waals surface area contributed by atoms with Gasteiger partial charge >= 0.3 is 0 Å². The highest BCUT2D eigenvalue weighted by Gasteiger charge is 2.08. The second kappa shape index (κ2) is 5.42. The summed E-state index contributed by atoms with van der Waals surface area (Å²) < 4.78 is 22.0. The van der Waals surface area contributed by atoms with Gasteiger partial charge in [0.05, 0.1) is 11.3 Å². The maximum absolute atomic E-state index is 11.0. The quantitative estimate of drug-likeness (QED) is 0.759. The van der Waals surface area contributed by atoms with Gasteiger partial charge < -0.3 is 11.1 Å². The summed E-state index contributed by atoms with van der Waals surface area (Å²) in [5.74, 6) is 0.570. The van der Waals surface area contributed by atoms with Gasteiger partial charge in [-0.15, -0.1) is 0 Å². The molecule has 5 nitrogen and oxygen atoms in total. The van der Waals surface area contributed by atoms with Crippen LogP contribution in [0.1, 0.15) is 11.3 Å². The second-order valence-electron chi connectivity index (χ2n) is 3.77. The maximum atomic E-state index is 11.0. The molecule has 0 saturated heterocycles. The largest absolute Gasteiger partial charge is 0.389 e. The summed E-state index contributed by atoms with van der Waals surface area (Å²) in [7, 11) is -2.99. The molecular weight excluding hydrogens is 258 g/mol. The average molecular weight is 273 g/mol. The summed E-state index contributed by atoms with van der Waals surface area (Å²) in [4.78, 5) is 4.48. The number of hydrogen-bond donors (Lipinski definition) is 2. The molecule has 0 fully saturated rings. The highest BCUT2D eigenvalue weighted by molar-refractivity contribution is 7.90. The van der Waals surface area contributed by atoms with Crippen LogP contribution >= 0.6 is 12.2 Å². The number of hydrogen-bond acceptors (Lipinski definition) is 5. The Morgan fingerprint density at radius 3 is 2.71 bits per heavy atom. The third-order valence-electron chi connectivity index (χ3n) is 2.07. The minimum atomic E-state index is -2.99. The molecule has 0 atom stereocenters. The van der Waals surface area contributed by atoms with Crippen molar-refractivity contribution >= 4 is 32.9 Å². The SMILES string of the molecule is Cc1ccc(C(N)=S)c(NCCS(C)(=O)=O)n1. The molecule has 1 rings (SSSR count). The van der Waals surface area contributed by atoms with E-state index in [4.69, 9.17) is 18.0 Å². The van der Waals surface area contributed by atoms with Gasteiger partial charge in [0.25, 0.3) is 0 Å². The van der Waals surface area contributed by atoms with Crippen LogP contribution in [0.2, 0.25) is 0 Å². The Morgan fingerprint density at radius 2 is 2.18 bits per heavy atom. The van der Waals surface area contributed by atoms with E-state index in [1.807, 2.05) is 6.92 Å². The number of aryl methyl sites for hydroxylation is 1. The van der Waals surface area contributed by atoms with Gasteiger partial charge in [-0.25, -0.2) is 13.4 Å². The third-order valence-corrected chi connectivity index (χ3v) is 3.23. The first-order valence-corrected chi connectivity index (χ1v) is 7.45. The fourth-order valence-electron chi connectivity index (χ4n) is 1.25. The van der Waals surface area contributed by atoms with Crippen LogP contribution in [0.5, 0.6) is 0 Å². The average Bonchev–Trinajstić information content (AvgIpc) is 2.15. The number of pyridine rings is 1. The molecule has 0 unspecified atom stereocenters. The summed E-state index contributed by atoms with van der Waals surface area (Å²) in [6.07, 6.45) is 1.19. The lowest BCUT2D eigenvalue weighted by Gasteiger charge is -2.10. The Kier molecular flexibility index (Phi) is 4.41. The molecule has 0 saturated carbocycles. The molecule has 94 valence electrons. The molecule has 0 amide bonds. The van der Waals surface area contributed by atoms with Crippen LogP contribution in [-0.2, 0) is 9.84 Å². The zero-order chi connectivity index (χ0) is 13.1. The number of anilines is 1. The Hall–Kier alpha value is -1.21. The fourth-order valence-corrected chi connectivity index (χ4v) is 1.88. The van der Waals surface area contributed by atoms with Crippen LogP contribution in [0, 0.1) is 6.92 Å². The molecule has 1 aromatic rings. The molecular formula is C10H15N3O2S2. The molecule has 0 aliphatic rings. The van der Waals surface area contributed by atoms with Gasteiger partial charge in [-0.05, 0) is 19.1 Å². The highest BCUT2D eigenvalue weighted by atomic mass is 32.2. The predicted octanol–water partition coefficient (Wildman–Crippen LogP) is 0.481. The van der Waals surface area contributed by atoms with E-state index in [0.29, 0.717) is 11.4 Å². The van der Waals surface area contributed by atoms with Gasteiger partial charge in [-0.2, -0.15) is 0 Å². The van der Waals surface area contributed by atoms with E-state index in [9.17, 15) is 8.42 Å². The Bertz CT molecular complexity index is 526. The number of nitrogens with two attached hydrogens (primary N) is 1. The summed E-state index contributed by atoms with van der Waals surface area (Å²) in [6, 6.07) is 3.57. The van der Waals surface area contributed by atoms with Crippen molar-refractivity contribution in [3.05, 3.63) is 23.4 Å². The first kappa shape index (κ1) is 13.9. The molecule has 1 heterocycles. The lowest BCUT2D eigenvalue weighted by Crippen LogP contribution is -2.19. The summed E-state index contributed by atoms with van der Waals surface area (Å²) in [6.45, 7) is 2.12. The number of nitrogens with one attached hydrogen (secondary N) is 1. The molecule has 0 bridgehead atoms. The maximum Gasteiger partial charge on any atom is 0.149 e. The molecule has 0 aliphatic heterocycles. The Morgan fingerprint density at radius 1 is 1.53 bits per heavy atom. The van der Waals surface area contributed by atoms with Gasteiger partial charge in [0.2, 0.25) is 0 Å². The molecule has 0 aliphatic carbocycles. The normalized spacial score (nSPS) is 11.2. The van der Waals surface area contributed by atoms with Crippen molar-refractivity contribution < 1.29 is 8.42 Å². The Labute approximate surface area is 106 Å². The van der Waals surface area contributed by atoms with Crippen LogP contribution in [-0.4, -0.2) is 36.9 Å². The van der Waals surface area contributed by atoms with Gasteiger partial charge in [0, 0.05) is 18.5 Å². The van der Waals surface area contributed by atoms with Gasteiger partial charge in [0.15, 0.2) is 0 Å². The topological polar surface area (TPSA) is 85.1 Å². The van der Waals surface area contributed by atoms with Crippen molar-refractivity contribution in [3.8, 4) is 0 Å². The highest BCUT2D eigenvalue weighted by Crippen LogP contribution is 2.13. The standard InChI is InChI=1S/C10H15N3O2S2/c1-7-3-4-8(9(11)16)10(13-7)12-5-6-17(2,14)15/h3-4H,5-6H2,1-2H3,(H2,11,16)(H,12,13). The number of nitrogens with zero attached hydrogens (tertiary/aromatic N) is 1. The zero-order valence-electron chi connectivity index (χ0n) is 9.73. The van der Waals surface area contributed by atoms with E-state index in [1.54, 1.807) is 12.1 Å². The van der Waals surface area contributed by atoms with Crippen LogP contribution in [0.3, 0.4) is 0 Å². The Balaban J connectivity index is 2.82. The third kappa shape index (κ3) is 4.66. The minimum Gasteiger partial charge on any atom is -0.389 e. The molecule has 1 aromatic heterocycles. The first-order chi connectivity index (χ1) is 7.79. The van der Waals surface area contributed by atoms with E-state index in [0.717, 1.165) is 5.69 Å². The van der Waals surface area contributed by atoms with E-state index in [-0.39, 0.29) is 17.3 Å². The first-order valence-electron chi connectivity index (χ1n) is 4.98. The minimum absolute atomic E-state index is 0.0411. The van der Waals surface area contributed by atoms with Crippen molar-refractivity contribution in [2.24, 2.45) is 5.73 Å². The fraction of sp³-hybridized carbons (Fsp3) is 0.400. The monoisotopic (exact) mass is 273 g/mol. The summed E-state index contributed by atoms with van der Waals surface area (Å²) >= 11 is 4.90. The van der Waals surface area contributed by atoms with Crippen LogP contribution < -0.4 is 11.1 Å². The van der Waals surface area contributed by atoms with Gasteiger partial charge in [-0.3, -0.25) is 0 Å². The van der Waals surface area contributed by atoms with Gasteiger partial charge in [-0.1, -0.05) is 12.2 Å². The van der Waals surface area contributed by atoms with E-state index >= 15 is 0 Å². The van der Waals surface area contributed by atoms with Crippen LogP contribution in [0.15, 0.2) is 12.1 Å². The number of rotatable bonds is 5. The smallest absolute Gasteiger partial charge is 0.149 e. The molecule has 7 heteroatoms. The number of sulfone groups is 1. The van der Waals surface area contributed by atoms with E-state index in [2.05, 4.69) is 10.3 Å². The van der Waals surface area contributed by atoms with Crippen molar-refractivity contribution in [3.63, 3.8) is 0 Å². The molecule has 3 N–H and O–H groups in total. The number of aromatic nitrogens is 1. The van der Waals surface area contributed by atoms with Crippen LogP contribution in [0.4, 0.5) is 5.82 Å². The summed E-state index contributed by atoms with van der Waals surface area (Å²) in [5.41, 5.74) is 6.99. The van der Waals surface area contributed by atoms with Crippen molar-refractivity contribution in [1.29, 1.82) is 0 Å². The van der Waals surface area contributed by atoms with Crippen molar-refractivity contribution in [1.82, 2.24) is 4.98 Å². The van der Waals surface area contributed by atoms with Crippen LogP contribution in [0.25, 0.3) is 0 Å². The molecule has 0 radical (unpaired) electrons. The van der Waals surface area contributed by atoms with Crippen molar-refractivity contribution in [2.45, 2.75) is 6.92 Å². The van der Waals surface area contributed by atoms with E-state index < -0.39 is 9.84 Å². The second-order valence-corrected chi connectivity index (χ2v) is 6.47. The molecule has 0 spiro atoms.